The number of hydrogen-bond acceptors (Lipinski definition) is 2. The van der Waals surface area contributed by atoms with E-state index in [1.165, 1.54) is 12.1 Å². The van der Waals surface area contributed by atoms with E-state index in [0.717, 1.165) is 5.56 Å². The Morgan fingerprint density at radius 2 is 2.25 bits per heavy atom. The molecule has 86 valence electrons. The summed E-state index contributed by atoms with van der Waals surface area (Å²) in [5.41, 5.74) is 0.733. The summed E-state index contributed by atoms with van der Waals surface area (Å²) in [5, 5.41) is 5.25. The molecule has 4 nitrogen and oxygen atoms in total. The molecule has 1 saturated heterocycles. The summed E-state index contributed by atoms with van der Waals surface area (Å²) < 4.78 is 28.2. The monoisotopic (exact) mass is 228 g/mol. The summed E-state index contributed by atoms with van der Waals surface area (Å²) in [6, 6.07) is 5.83. The van der Waals surface area contributed by atoms with Crippen molar-refractivity contribution in [2.45, 2.75) is 12.7 Å². The van der Waals surface area contributed by atoms with Gasteiger partial charge in [0, 0.05) is 6.54 Å². The van der Waals surface area contributed by atoms with E-state index in [1.54, 1.807) is 12.1 Å². The quantitative estimate of drug-likeness (QED) is 0.826. The van der Waals surface area contributed by atoms with Crippen LogP contribution in [0.3, 0.4) is 0 Å². The number of carbonyl (C=O) groups is 1. The third kappa shape index (κ3) is 2.39. The van der Waals surface area contributed by atoms with Crippen LogP contribution in [0.5, 0.6) is 5.75 Å². The fraction of sp³-hybridized carbons (Fsp3) is 0.300. The van der Waals surface area contributed by atoms with Gasteiger partial charge < -0.3 is 15.4 Å². The zero-order valence-electron chi connectivity index (χ0n) is 8.24. The first-order valence-corrected chi connectivity index (χ1v) is 4.74. The third-order valence-corrected chi connectivity index (χ3v) is 2.26. The van der Waals surface area contributed by atoms with Crippen LogP contribution in [0.25, 0.3) is 0 Å². The molecule has 0 saturated carbocycles. The number of halogens is 2. The molecule has 2 amide bonds. The molecule has 1 aromatic carbocycles. The van der Waals surface area contributed by atoms with Crippen molar-refractivity contribution in [2.24, 2.45) is 0 Å². The van der Waals surface area contributed by atoms with Crippen molar-refractivity contribution in [1.82, 2.24) is 10.6 Å². The standard InChI is InChI=1S/C10H10F2N2O2/c11-9(12)16-7-3-1-2-6(4-7)8-5-13-10(15)14-8/h1-4,8-9H,5H2,(H2,13,14,15)/t8-/m1/s1. The van der Waals surface area contributed by atoms with E-state index >= 15 is 0 Å². The van der Waals surface area contributed by atoms with E-state index < -0.39 is 6.61 Å². The van der Waals surface area contributed by atoms with Crippen molar-refractivity contribution in [3.05, 3.63) is 29.8 Å². The average Bonchev–Trinajstić information content (AvgIpc) is 2.64. The molecule has 0 aromatic heterocycles. The first kappa shape index (κ1) is 10.7. The second-order valence-electron chi connectivity index (χ2n) is 3.36. The molecule has 1 heterocycles. The Kier molecular flexibility index (Phi) is 2.89. The lowest BCUT2D eigenvalue weighted by Gasteiger charge is -2.11. The number of rotatable bonds is 3. The van der Waals surface area contributed by atoms with E-state index in [9.17, 15) is 13.6 Å². The van der Waals surface area contributed by atoms with Gasteiger partial charge in [-0.1, -0.05) is 12.1 Å². The average molecular weight is 228 g/mol. The van der Waals surface area contributed by atoms with E-state index in [4.69, 9.17) is 0 Å². The number of alkyl halides is 2. The van der Waals surface area contributed by atoms with Crippen LogP contribution < -0.4 is 15.4 Å². The summed E-state index contributed by atoms with van der Waals surface area (Å²) in [4.78, 5) is 10.9. The highest BCUT2D eigenvalue weighted by Gasteiger charge is 2.21. The van der Waals surface area contributed by atoms with Gasteiger partial charge in [-0.05, 0) is 17.7 Å². The van der Waals surface area contributed by atoms with Crippen molar-refractivity contribution < 1.29 is 18.3 Å². The number of benzene rings is 1. The van der Waals surface area contributed by atoms with Gasteiger partial charge in [0.05, 0.1) is 6.04 Å². The van der Waals surface area contributed by atoms with Gasteiger partial charge in [0.15, 0.2) is 0 Å². The van der Waals surface area contributed by atoms with Gasteiger partial charge in [-0.2, -0.15) is 8.78 Å². The van der Waals surface area contributed by atoms with Crippen LogP contribution in [0.15, 0.2) is 24.3 Å². The maximum absolute atomic E-state index is 12.0. The highest BCUT2D eigenvalue weighted by atomic mass is 19.3. The molecule has 1 aliphatic heterocycles. The molecule has 6 heteroatoms. The minimum atomic E-state index is -2.84. The van der Waals surface area contributed by atoms with Gasteiger partial charge in [0.25, 0.3) is 0 Å². The second-order valence-corrected chi connectivity index (χ2v) is 3.36. The summed E-state index contributed by atoms with van der Waals surface area (Å²) in [7, 11) is 0. The SMILES string of the molecule is O=C1NC[C@H](c2cccc(OC(F)F)c2)N1. The molecule has 16 heavy (non-hydrogen) atoms. The Labute approximate surface area is 90.6 Å². The fourth-order valence-corrected chi connectivity index (χ4v) is 1.56. The van der Waals surface area contributed by atoms with Gasteiger partial charge in [-0.3, -0.25) is 0 Å². The number of nitrogens with one attached hydrogen (secondary N) is 2. The maximum atomic E-state index is 12.0. The lowest BCUT2D eigenvalue weighted by Crippen LogP contribution is -2.21. The predicted octanol–water partition coefficient (Wildman–Crippen LogP) is 1.64. The molecule has 0 bridgehead atoms. The van der Waals surface area contributed by atoms with Crippen LogP contribution in [-0.2, 0) is 0 Å². The zero-order chi connectivity index (χ0) is 11.5. The summed E-state index contributed by atoms with van der Waals surface area (Å²) in [6.45, 7) is -2.40. The van der Waals surface area contributed by atoms with Crippen molar-refractivity contribution in [3.63, 3.8) is 0 Å². The van der Waals surface area contributed by atoms with E-state index in [2.05, 4.69) is 15.4 Å². The molecular formula is C10H10F2N2O2. The Morgan fingerprint density at radius 3 is 2.88 bits per heavy atom. The summed E-state index contributed by atoms with van der Waals surface area (Å²) >= 11 is 0. The van der Waals surface area contributed by atoms with E-state index in [0.29, 0.717) is 6.54 Å². The van der Waals surface area contributed by atoms with Crippen LogP contribution >= 0.6 is 0 Å². The maximum Gasteiger partial charge on any atom is 0.387 e. The lowest BCUT2D eigenvalue weighted by atomic mass is 10.1. The molecule has 0 unspecified atom stereocenters. The number of amides is 2. The van der Waals surface area contributed by atoms with Gasteiger partial charge in [-0.25, -0.2) is 4.79 Å². The molecule has 1 aliphatic rings. The topological polar surface area (TPSA) is 50.4 Å². The minimum Gasteiger partial charge on any atom is -0.435 e. The number of hydrogen-bond donors (Lipinski definition) is 2. The smallest absolute Gasteiger partial charge is 0.387 e. The predicted molar refractivity (Wildman–Crippen MR) is 52.3 cm³/mol. The molecule has 0 aliphatic carbocycles. The first-order chi connectivity index (χ1) is 7.65. The Bertz CT molecular complexity index is 398. The van der Waals surface area contributed by atoms with Crippen molar-refractivity contribution in [2.75, 3.05) is 6.54 Å². The van der Waals surface area contributed by atoms with E-state index in [-0.39, 0.29) is 17.8 Å². The van der Waals surface area contributed by atoms with Crippen molar-refractivity contribution in [1.29, 1.82) is 0 Å². The molecule has 0 spiro atoms. The van der Waals surface area contributed by atoms with Crippen LogP contribution in [0.4, 0.5) is 13.6 Å². The molecule has 1 aromatic rings. The van der Waals surface area contributed by atoms with Crippen LogP contribution in [-0.4, -0.2) is 19.2 Å². The Morgan fingerprint density at radius 1 is 1.44 bits per heavy atom. The molecule has 2 rings (SSSR count). The Balaban J connectivity index is 2.12. The van der Waals surface area contributed by atoms with Crippen LogP contribution in [0.2, 0.25) is 0 Å². The third-order valence-electron chi connectivity index (χ3n) is 2.26. The van der Waals surface area contributed by atoms with Crippen LogP contribution in [0, 0.1) is 0 Å². The largest absolute Gasteiger partial charge is 0.435 e. The van der Waals surface area contributed by atoms with Gasteiger partial charge >= 0.3 is 12.6 Å². The van der Waals surface area contributed by atoms with Gasteiger partial charge in [0.1, 0.15) is 5.75 Å². The van der Waals surface area contributed by atoms with Crippen LogP contribution in [0.1, 0.15) is 11.6 Å². The molecule has 2 N–H and O–H groups in total. The minimum absolute atomic E-state index is 0.0913. The molecule has 1 atom stereocenters. The van der Waals surface area contributed by atoms with E-state index in [1.807, 2.05) is 0 Å². The molecular weight excluding hydrogens is 218 g/mol. The number of ether oxygens (including phenoxy) is 1. The highest BCUT2D eigenvalue weighted by Crippen LogP contribution is 2.21. The number of carbonyl (C=O) groups excluding carboxylic acids is 1. The second kappa shape index (κ2) is 4.34. The van der Waals surface area contributed by atoms with Crippen molar-refractivity contribution >= 4 is 6.03 Å². The van der Waals surface area contributed by atoms with Gasteiger partial charge in [0.2, 0.25) is 0 Å². The van der Waals surface area contributed by atoms with Crippen molar-refractivity contribution in [3.8, 4) is 5.75 Å². The fourth-order valence-electron chi connectivity index (χ4n) is 1.56. The number of urea groups is 1. The zero-order valence-corrected chi connectivity index (χ0v) is 8.24. The summed E-state index contributed by atoms with van der Waals surface area (Å²) in [6.07, 6.45) is 0. The summed E-state index contributed by atoms with van der Waals surface area (Å²) in [5.74, 6) is 0.0913. The van der Waals surface area contributed by atoms with Gasteiger partial charge in [-0.15, -0.1) is 0 Å². The highest BCUT2D eigenvalue weighted by molar-refractivity contribution is 5.76. The first-order valence-electron chi connectivity index (χ1n) is 4.74. The Hall–Kier alpha value is -1.85. The normalized spacial score (nSPS) is 19.4. The molecule has 0 radical (unpaired) electrons. The molecule has 1 fully saturated rings. The lowest BCUT2D eigenvalue weighted by molar-refractivity contribution is -0.0499.